The summed E-state index contributed by atoms with van der Waals surface area (Å²) >= 11 is 4.99. The highest BCUT2D eigenvalue weighted by Gasteiger charge is 2.15. The Bertz CT molecular complexity index is 342. The van der Waals surface area contributed by atoms with Crippen molar-refractivity contribution in [3.05, 3.63) is 24.0 Å². The summed E-state index contributed by atoms with van der Waals surface area (Å²) < 4.78 is 7.76. The van der Waals surface area contributed by atoms with Gasteiger partial charge in [0.1, 0.15) is 4.99 Å². The van der Waals surface area contributed by atoms with E-state index in [1.54, 1.807) is 0 Å². The van der Waals surface area contributed by atoms with Crippen molar-refractivity contribution < 1.29 is 4.74 Å². The summed E-state index contributed by atoms with van der Waals surface area (Å²) in [6, 6.07) is 3.92. The molecule has 0 spiro atoms. The number of nitrogens with zero attached hydrogens (tertiary/aromatic N) is 1. The minimum atomic E-state index is 0.319. The van der Waals surface area contributed by atoms with Gasteiger partial charge in [0.25, 0.3) is 0 Å². The molecule has 15 heavy (non-hydrogen) atoms. The van der Waals surface area contributed by atoms with Crippen LogP contribution < -0.4 is 5.73 Å². The third-order valence-electron chi connectivity index (χ3n) is 2.76. The molecule has 0 aromatic carbocycles. The molecular weight excluding hydrogens is 208 g/mol. The third-order valence-corrected chi connectivity index (χ3v) is 2.97. The van der Waals surface area contributed by atoms with E-state index in [2.05, 4.69) is 4.57 Å². The van der Waals surface area contributed by atoms with E-state index in [9.17, 15) is 0 Å². The number of rotatable bonds is 3. The quantitative estimate of drug-likeness (QED) is 0.794. The maximum atomic E-state index is 5.68. The number of ether oxygens (including phenoxy) is 1. The molecule has 2 N–H and O–H groups in total. The second kappa shape index (κ2) is 4.77. The van der Waals surface area contributed by atoms with Gasteiger partial charge in [0.2, 0.25) is 0 Å². The lowest BCUT2D eigenvalue weighted by molar-refractivity contribution is 0.00598. The molecule has 0 radical (unpaired) electrons. The molecule has 0 bridgehead atoms. The van der Waals surface area contributed by atoms with Gasteiger partial charge in [0, 0.05) is 19.3 Å². The predicted octanol–water partition coefficient (Wildman–Crippen LogP) is 1.69. The van der Waals surface area contributed by atoms with Crippen LogP contribution in [0.1, 0.15) is 25.0 Å². The Morgan fingerprint density at radius 1 is 1.60 bits per heavy atom. The summed E-state index contributed by atoms with van der Waals surface area (Å²) in [6.45, 7) is 1.74. The predicted molar refractivity (Wildman–Crippen MR) is 63.9 cm³/mol. The van der Waals surface area contributed by atoms with Gasteiger partial charge in [-0.05, 0) is 31.4 Å². The normalized spacial score (nSPS) is 21.5. The Morgan fingerprint density at radius 3 is 3.13 bits per heavy atom. The van der Waals surface area contributed by atoms with E-state index < -0.39 is 0 Å². The maximum Gasteiger partial charge on any atom is 0.120 e. The summed E-state index contributed by atoms with van der Waals surface area (Å²) in [6.07, 6.45) is 5.90. The standard InChI is InChI=1S/C11H16N2OS/c12-11(15)10-5-3-6-13(10)8-9-4-1-2-7-14-9/h3,5-6,9H,1-2,4,7-8H2,(H2,12,15). The van der Waals surface area contributed by atoms with Crippen molar-refractivity contribution >= 4 is 17.2 Å². The van der Waals surface area contributed by atoms with E-state index >= 15 is 0 Å². The molecule has 0 aliphatic carbocycles. The number of hydrogen-bond donors (Lipinski definition) is 1. The van der Waals surface area contributed by atoms with Crippen molar-refractivity contribution in [2.75, 3.05) is 6.61 Å². The Kier molecular flexibility index (Phi) is 3.38. The van der Waals surface area contributed by atoms with Gasteiger partial charge in [-0.2, -0.15) is 0 Å². The lowest BCUT2D eigenvalue weighted by Crippen LogP contribution is -2.26. The van der Waals surface area contributed by atoms with Crippen LogP contribution in [0.2, 0.25) is 0 Å². The fraction of sp³-hybridized carbons (Fsp3) is 0.545. The van der Waals surface area contributed by atoms with Crippen LogP contribution in [-0.4, -0.2) is 22.3 Å². The molecule has 1 aromatic heterocycles. The highest BCUT2D eigenvalue weighted by Crippen LogP contribution is 2.15. The molecule has 1 unspecified atom stereocenters. The minimum absolute atomic E-state index is 0.319. The third kappa shape index (κ3) is 2.58. The van der Waals surface area contributed by atoms with Crippen molar-refractivity contribution in [1.29, 1.82) is 0 Å². The maximum absolute atomic E-state index is 5.68. The van der Waals surface area contributed by atoms with Gasteiger partial charge in [0.05, 0.1) is 11.8 Å². The van der Waals surface area contributed by atoms with Crippen LogP contribution in [0.25, 0.3) is 0 Å². The van der Waals surface area contributed by atoms with Gasteiger partial charge in [-0.15, -0.1) is 0 Å². The van der Waals surface area contributed by atoms with Gasteiger partial charge in [-0.1, -0.05) is 12.2 Å². The first-order valence-corrected chi connectivity index (χ1v) is 5.75. The molecule has 2 heterocycles. The molecule has 3 nitrogen and oxygen atoms in total. The average Bonchev–Trinajstić information content (AvgIpc) is 2.67. The number of hydrogen-bond acceptors (Lipinski definition) is 2. The molecule has 0 saturated carbocycles. The van der Waals surface area contributed by atoms with Gasteiger partial charge < -0.3 is 15.0 Å². The van der Waals surface area contributed by atoms with E-state index in [0.717, 1.165) is 25.3 Å². The fourth-order valence-electron chi connectivity index (χ4n) is 1.97. The van der Waals surface area contributed by atoms with Gasteiger partial charge in [-0.25, -0.2) is 0 Å². The smallest absolute Gasteiger partial charge is 0.120 e. The summed E-state index contributed by atoms with van der Waals surface area (Å²) in [4.78, 5) is 0.454. The average molecular weight is 224 g/mol. The van der Waals surface area contributed by atoms with Crippen LogP contribution in [0, 0.1) is 0 Å². The van der Waals surface area contributed by atoms with Crippen molar-refractivity contribution in [2.45, 2.75) is 31.9 Å². The summed E-state index contributed by atoms with van der Waals surface area (Å²) in [5.41, 5.74) is 6.56. The Morgan fingerprint density at radius 2 is 2.47 bits per heavy atom. The molecule has 4 heteroatoms. The van der Waals surface area contributed by atoms with Crippen molar-refractivity contribution in [3.63, 3.8) is 0 Å². The first kappa shape index (κ1) is 10.6. The summed E-state index contributed by atoms with van der Waals surface area (Å²) in [7, 11) is 0. The molecule has 2 rings (SSSR count). The van der Waals surface area contributed by atoms with Crippen molar-refractivity contribution in [3.8, 4) is 0 Å². The summed E-state index contributed by atoms with van der Waals surface area (Å²) in [5, 5.41) is 0. The molecule has 1 aliphatic rings. The van der Waals surface area contributed by atoms with E-state index in [-0.39, 0.29) is 0 Å². The van der Waals surface area contributed by atoms with E-state index in [1.807, 2.05) is 18.3 Å². The van der Waals surface area contributed by atoms with Gasteiger partial charge >= 0.3 is 0 Å². The molecule has 1 atom stereocenters. The topological polar surface area (TPSA) is 40.2 Å². The molecule has 82 valence electrons. The second-order valence-electron chi connectivity index (χ2n) is 3.90. The number of aromatic nitrogens is 1. The van der Waals surface area contributed by atoms with Crippen LogP contribution in [0.4, 0.5) is 0 Å². The Labute approximate surface area is 95.2 Å². The lowest BCUT2D eigenvalue weighted by Gasteiger charge is -2.23. The van der Waals surface area contributed by atoms with E-state index in [0.29, 0.717) is 11.1 Å². The van der Waals surface area contributed by atoms with Crippen LogP contribution in [0.3, 0.4) is 0 Å². The first-order chi connectivity index (χ1) is 7.27. The Balaban J connectivity index is 2.03. The highest BCUT2D eigenvalue weighted by molar-refractivity contribution is 7.80. The molecule has 1 aliphatic heterocycles. The summed E-state index contributed by atoms with van der Waals surface area (Å²) in [5.74, 6) is 0. The van der Waals surface area contributed by atoms with E-state index in [1.165, 1.54) is 12.8 Å². The number of nitrogens with two attached hydrogens (primary N) is 1. The van der Waals surface area contributed by atoms with E-state index in [4.69, 9.17) is 22.7 Å². The highest BCUT2D eigenvalue weighted by atomic mass is 32.1. The van der Waals surface area contributed by atoms with Gasteiger partial charge in [0.15, 0.2) is 0 Å². The van der Waals surface area contributed by atoms with Crippen LogP contribution in [0.5, 0.6) is 0 Å². The Hall–Kier alpha value is -0.870. The monoisotopic (exact) mass is 224 g/mol. The van der Waals surface area contributed by atoms with Crippen LogP contribution >= 0.6 is 12.2 Å². The fourth-order valence-corrected chi connectivity index (χ4v) is 2.15. The molecule has 1 fully saturated rings. The zero-order valence-electron chi connectivity index (χ0n) is 8.69. The molecular formula is C11H16N2OS. The zero-order chi connectivity index (χ0) is 10.7. The molecule has 0 amide bonds. The van der Waals surface area contributed by atoms with Gasteiger partial charge in [-0.3, -0.25) is 0 Å². The van der Waals surface area contributed by atoms with Crippen LogP contribution in [-0.2, 0) is 11.3 Å². The second-order valence-corrected chi connectivity index (χ2v) is 4.34. The molecule has 1 saturated heterocycles. The minimum Gasteiger partial charge on any atom is -0.388 e. The SMILES string of the molecule is NC(=S)c1cccn1CC1CCCCO1. The van der Waals surface area contributed by atoms with Crippen molar-refractivity contribution in [2.24, 2.45) is 5.73 Å². The first-order valence-electron chi connectivity index (χ1n) is 5.34. The van der Waals surface area contributed by atoms with Crippen molar-refractivity contribution in [1.82, 2.24) is 4.57 Å². The lowest BCUT2D eigenvalue weighted by atomic mass is 10.1. The molecule has 1 aromatic rings. The van der Waals surface area contributed by atoms with Crippen LogP contribution in [0.15, 0.2) is 18.3 Å². The number of thiocarbonyl (C=S) groups is 1. The zero-order valence-corrected chi connectivity index (χ0v) is 9.50. The largest absolute Gasteiger partial charge is 0.388 e.